The first-order valence-electron chi connectivity index (χ1n) is 6.03. The zero-order chi connectivity index (χ0) is 12.5. The van der Waals surface area contributed by atoms with Crippen molar-refractivity contribution in [1.29, 1.82) is 0 Å². The number of nitrogens with zero attached hydrogens (tertiary/aromatic N) is 2. The van der Waals surface area contributed by atoms with E-state index < -0.39 is 0 Å². The van der Waals surface area contributed by atoms with Crippen molar-refractivity contribution in [2.24, 2.45) is 18.2 Å². The van der Waals surface area contributed by atoms with Gasteiger partial charge in [0.15, 0.2) is 5.78 Å². The Bertz CT molecular complexity index is 402. The van der Waals surface area contributed by atoms with Crippen LogP contribution >= 0.6 is 15.9 Å². The molecule has 0 unspecified atom stereocenters. The van der Waals surface area contributed by atoms with Crippen LogP contribution in [0.5, 0.6) is 0 Å². The predicted molar refractivity (Wildman–Crippen MR) is 69.8 cm³/mol. The van der Waals surface area contributed by atoms with Crippen molar-refractivity contribution in [3.63, 3.8) is 0 Å². The van der Waals surface area contributed by atoms with Gasteiger partial charge in [-0.2, -0.15) is 5.10 Å². The van der Waals surface area contributed by atoms with Gasteiger partial charge in [-0.05, 0) is 28.8 Å². The van der Waals surface area contributed by atoms with E-state index in [1.807, 2.05) is 0 Å². The van der Waals surface area contributed by atoms with Gasteiger partial charge in [-0.25, -0.2) is 0 Å². The van der Waals surface area contributed by atoms with Crippen molar-refractivity contribution >= 4 is 21.7 Å². The number of hydrogen-bond donors (Lipinski definition) is 1. The molecule has 0 bridgehead atoms. The van der Waals surface area contributed by atoms with E-state index in [2.05, 4.69) is 21.0 Å². The molecule has 1 saturated carbocycles. The molecule has 17 heavy (non-hydrogen) atoms. The molecular formula is C12H18BrN3O. The van der Waals surface area contributed by atoms with Gasteiger partial charge in [-0.3, -0.25) is 9.48 Å². The number of ketones is 1. The third-order valence-corrected chi connectivity index (χ3v) is 4.37. The first-order chi connectivity index (χ1) is 8.10. The average molecular weight is 300 g/mol. The highest BCUT2D eigenvalue weighted by Gasteiger charge is 2.40. The Morgan fingerprint density at radius 1 is 1.53 bits per heavy atom. The molecule has 2 rings (SSSR count). The minimum atomic E-state index is -0.367. The van der Waals surface area contributed by atoms with E-state index in [0.29, 0.717) is 12.2 Å². The van der Waals surface area contributed by atoms with Gasteiger partial charge in [0.2, 0.25) is 0 Å². The van der Waals surface area contributed by atoms with Gasteiger partial charge in [-0.1, -0.05) is 19.3 Å². The van der Waals surface area contributed by atoms with E-state index in [4.69, 9.17) is 5.73 Å². The fourth-order valence-electron chi connectivity index (χ4n) is 2.67. The summed E-state index contributed by atoms with van der Waals surface area (Å²) >= 11 is 3.39. The van der Waals surface area contributed by atoms with Crippen LogP contribution in [-0.4, -0.2) is 22.1 Å². The summed E-state index contributed by atoms with van der Waals surface area (Å²) in [4.78, 5) is 12.7. The van der Waals surface area contributed by atoms with Crippen LogP contribution in [-0.2, 0) is 7.05 Å². The third kappa shape index (κ3) is 2.18. The molecule has 2 N–H and O–H groups in total. The van der Waals surface area contributed by atoms with E-state index in [9.17, 15) is 4.79 Å². The Balaban J connectivity index is 2.35. The van der Waals surface area contributed by atoms with Crippen LogP contribution in [0.25, 0.3) is 0 Å². The first-order valence-corrected chi connectivity index (χ1v) is 6.82. The van der Waals surface area contributed by atoms with Crippen LogP contribution in [0.3, 0.4) is 0 Å². The molecule has 1 fully saturated rings. The van der Waals surface area contributed by atoms with Gasteiger partial charge >= 0.3 is 0 Å². The molecule has 0 aliphatic heterocycles. The quantitative estimate of drug-likeness (QED) is 0.871. The summed E-state index contributed by atoms with van der Waals surface area (Å²) in [6, 6.07) is 0. The Hall–Kier alpha value is -0.680. The van der Waals surface area contributed by atoms with Crippen molar-refractivity contribution in [2.75, 3.05) is 6.54 Å². The Kier molecular flexibility index (Phi) is 3.68. The maximum atomic E-state index is 12.7. The summed E-state index contributed by atoms with van der Waals surface area (Å²) in [5, 5.41) is 4.11. The molecule has 1 heterocycles. The Labute approximate surface area is 110 Å². The molecule has 94 valence electrons. The van der Waals surface area contributed by atoms with Gasteiger partial charge in [0.25, 0.3) is 0 Å². The molecule has 0 radical (unpaired) electrons. The summed E-state index contributed by atoms with van der Waals surface area (Å²) in [5.41, 5.74) is 6.16. The Morgan fingerprint density at radius 2 is 2.18 bits per heavy atom. The zero-order valence-electron chi connectivity index (χ0n) is 10.1. The van der Waals surface area contributed by atoms with Gasteiger partial charge in [-0.15, -0.1) is 0 Å². The number of aryl methyl sites for hydroxylation is 1. The molecular weight excluding hydrogens is 282 g/mol. The van der Waals surface area contributed by atoms with Crippen LogP contribution in [0, 0.1) is 5.41 Å². The Morgan fingerprint density at radius 3 is 2.65 bits per heavy atom. The predicted octanol–water partition coefficient (Wildman–Crippen LogP) is 2.27. The lowest BCUT2D eigenvalue weighted by atomic mass is 9.70. The summed E-state index contributed by atoms with van der Waals surface area (Å²) in [5.74, 6) is 0.145. The summed E-state index contributed by atoms with van der Waals surface area (Å²) < 4.78 is 2.40. The van der Waals surface area contributed by atoms with Gasteiger partial charge in [0, 0.05) is 19.0 Å². The third-order valence-electron chi connectivity index (χ3n) is 3.79. The van der Waals surface area contributed by atoms with Crippen LogP contribution in [0.2, 0.25) is 0 Å². The van der Waals surface area contributed by atoms with Crippen LogP contribution in [0.15, 0.2) is 10.7 Å². The summed E-state index contributed by atoms with van der Waals surface area (Å²) in [6.07, 6.45) is 6.87. The zero-order valence-corrected chi connectivity index (χ0v) is 11.7. The number of carbonyl (C=O) groups is 1. The van der Waals surface area contributed by atoms with Crippen LogP contribution in [0.1, 0.15) is 42.6 Å². The lowest BCUT2D eigenvalue weighted by molar-refractivity contribution is 0.0717. The lowest BCUT2D eigenvalue weighted by Gasteiger charge is -2.34. The summed E-state index contributed by atoms with van der Waals surface area (Å²) in [7, 11) is 1.80. The van der Waals surface area contributed by atoms with Crippen molar-refractivity contribution in [3.05, 3.63) is 16.4 Å². The van der Waals surface area contributed by atoms with E-state index in [-0.39, 0.29) is 11.2 Å². The van der Waals surface area contributed by atoms with Gasteiger partial charge in [0.1, 0.15) is 5.69 Å². The number of halogens is 1. The SMILES string of the molecule is Cn1ncc(Br)c1C(=O)C1(CN)CCCCC1. The molecule has 0 spiro atoms. The fourth-order valence-corrected chi connectivity index (χ4v) is 3.20. The van der Waals surface area contributed by atoms with Crippen molar-refractivity contribution in [3.8, 4) is 0 Å². The molecule has 0 amide bonds. The first kappa shape index (κ1) is 12.8. The minimum Gasteiger partial charge on any atom is -0.329 e. The fraction of sp³-hybridized carbons (Fsp3) is 0.667. The highest BCUT2D eigenvalue weighted by atomic mass is 79.9. The van der Waals surface area contributed by atoms with Crippen molar-refractivity contribution in [2.45, 2.75) is 32.1 Å². The number of aromatic nitrogens is 2. The molecule has 1 aromatic heterocycles. The van der Waals surface area contributed by atoms with Crippen LogP contribution in [0.4, 0.5) is 0 Å². The van der Waals surface area contributed by atoms with Gasteiger partial charge in [0.05, 0.1) is 10.7 Å². The molecule has 1 aliphatic rings. The normalized spacial score (nSPS) is 19.2. The number of Topliss-reactive ketones (excluding diaryl/α,β-unsaturated/α-hetero) is 1. The number of nitrogens with two attached hydrogens (primary N) is 1. The monoisotopic (exact) mass is 299 g/mol. The number of rotatable bonds is 3. The second kappa shape index (κ2) is 4.90. The molecule has 0 aromatic carbocycles. The molecule has 1 aliphatic carbocycles. The van der Waals surface area contributed by atoms with Crippen molar-refractivity contribution in [1.82, 2.24) is 9.78 Å². The van der Waals surface area contributed by atoms with E-state index in [1.165, 1.54) is 6.42 Å². The van der Waals surface area contributed by atoms with Gasteiger partial charge < -0.3 is 5.73 Å². The van der Waals surface area contributed by atoms with E-state index in [1.54, 1.807) is 17.9 Å². The minimum absolute atomic E-state index is 0.145. The standard InChI is InChI=1S/C12H18BrN3O/c1-16-10(9(13)7-15-16)11(17)12(8-14)5-3-2-4-6-12/h7H,2-6,8,14H2,1H3. The maximum absolute atomic E-state index is 12.7. The largest absolute Gasteiger partial charge is 0.329 e. The molecule has 1 aromatic rings. The topological polar surface area (TPSA) is 60.9 Å². The molecule has 4 nitrogen and oxygen atoms in total. The maximum Gasteiger partial charge on any atom is 0.189 e. The number of hydrogen-bond acceptors (Lipinski definition) is 3. The van der Waals surface area contributed by atoms with E-state index >= 15 is 0 Å². The lowest BCUT2D eigenvalue weighted by Crippen LogP contribution is -2.41. The van der Waals surface area contributed by atoms with E-state index in [0.717, 1.165) is 30.2 Å². The highest BCUT2D eigenvalue weighted by molar-refractivity contribution is 9.10. The molecule has 5 heteroatoms. The average Bonchev–Trinajstić information content (AvgIpc) is 2.69. The molecule has 0 atom stereocenters. The number of carbonyl (C=O) groups excluding carboxylic acids is 1. The van der Waals surface area contributed by atoms with Crippen molar-refractivity contribution < 1.29 is 4.79 Å². The second-order valence-corrected chi connectivity index (χ2v) is 5.69. The second-order valence-electron chi connectivity index (χ2n) is 4.84. The van der Waals surface area contributed by atoms with Crippen LogP contribution < -0.4 is 5.73 Å². The summed E-state index contributed by atoms with van der Waals surface area (Å²) in [6.45, 7) is 0.434. The molecule has 0 saturated heterocycles. The highest BCUT2D eigenvalue weighted by Crippen LogP contribution is 2.39. The smallest absolute Gasteiger partial charge is 0.189 e.